The van der Waals surface area contributed by atoms with E-state index in [-0.39, 0.29) is 17.9 Å². The molecule has 1 aromatic heterocycles. The Morgan fingerprint density at radius 2 is 1.86 bits per heavy atom. The van der Waals surface area contributed by atoms with Crippen molar-refractivity contribution >= 4 is 28.5 Å². The van der Waals surface area contributed by atoms with Gasteiger partial charge in [0.1, 0.15) is 24.8 Å². The zero-order valence-corrected chi connectivity index (χ0v) is 14.7. The predicted octanol–water partition coefficient (Wildman–Crippen LogP) is 2.33. The van der Waals surface area contributed by atoms with Crippen molar-refractivity contribution in [3.8, 4) is 6.07 Å². The molecule has 0 spiro atoms. The minimum Gasteiger partial charge on any atom is -0.507 e. The van der Waals surface area contributed by atoms with Crippen molar-refractivity contribution in [3.63, 3.8) is 0 Å². The van der Waals surface area contributed by atoms with Gasteiger partial charge in [-0.3, -0.25) is 9.59 Å². The summed E-state index contributed by atoms with van der Waals surface area (Å²) in [6, 6.07) is 17.4. The number of hydrogen-bond acceptors (Lipinski definition) is 6. The number of allylic oxidation sites excluding steroid dienone is 1. The summed E-state index contributed by atoms with van der Waals surface area (Å²) in [5.74, 6) is -1.44. The van der Waals surface area contributed by atoms with Crippen LogP contribution in [0.4, 0.5) is 0 Å². The summed E-state index contributed by atoms with van der Waals surface area (Å²) in [4.78, 5) is 30.8. The quantitative estimate of drug-likeness (QED) is 0.344. The lowest BCUT2D eigenvalue weighted by atomic mass is 10.2. The van der Waals surface area contributed by atoms with E-state index in [9.17, 15) is 20.0 Å². The Hall–Kier alpha value is -4.12. The van der Waals surface area contributed by atoms with Crippen molar-refractivity contribution < 1.29 is 19.4 Å². The van der Waals surface area contributed by atoms with Gasteiger partial charge in [-0.15, -0.1) is 0 Å². The van der Waals surface area contributed by atoms with Crippen molar-refractivity contribution in [2.45, 2.75) is 0 Å². The number of aromatic amines is 1. The predicted molar refractivity (Wildman–Crippen MR) is 101 cm³/mol. The molecule has 1 heterocycles. The third-order valence-electron chi connectivity index (χ3n) is 3.83. The van der Waals surface area contributed by atoms with Crippen molar-refractivity contribution in [1.29, 1.82) is 5.26 Å². The smallest absolute Gasteiger partial charge is 0.325 e. The molecule has 0 aliphatic heterocycles. The minimum absolute atomic E-state index is 0.127. The van der Waals surface area contributed by atoms with Gasteiger partial charge in [-0.25, -0.2) is 4.98 Å². The number of esters is 1. The normalized spacial score (nSPS) is 11.4. The number of amides is 1. The van der Waals surface area contributed by atoms with Gasteiger partial charge in [-0.2, -0.15) is 5.26 Å². The number of ether oxygens (including phenoxy) is 1. The molecule has 8 heteroatoms. The molecule has 3 rings (SSSR count). The first-order valence-corrected chi connectivity index (χ1v) is 8.34. The van der Waals surface area contributed by atoms with Gasteiger partial charge in [-0.05, 0) is 24.3 Å². The Labute approximate surface area is 160 Å². The van der Waals surface area contributed by atoms with Crippen LogP contribution < -0.4 is 5.32 Å². The molecule has 3 N–H and O–H groups in total. The average Bonchev–Trinajstić information content (AvgIpc) is 3.15. The van der Waals surface area contributed by atoms with E-state index in [0.717, 1.165) is 0 Å². The fourth-order valence-corrected chi connectivity index (χ4v) is 2.44. The molecule has 0 saturated carbocycles. The molecule has 0 atom stereocenters. The molecule has 0 radical (unpaired) electrons. The number of imidazole rings is 1. The summed E-state index contributed by atoms with van der Waals surface area (Å²) in [5, 5.41) is 21.9. The number of rotatable bonds is 6. The first-order chi connectivity index (χ1) is 13.6. The van der Waals surface area contributed by atoms with E-state index in [0.29, 0.717) is 16.6 Å². The molecular weight excluding hydrogens is 360 g/mol. The van der Waals surface area contributed by atoms with Crippen molar-refractivity contribution in [2.75, 3.05) is 13.2 Å². The van der Waals surface area contributed by atoms with E-state index in [1.807, 2.05) is 12.1 Å². The first-order valence-electron chi connectivity index (χ1n) is 8.34. The number of carbonyl (C=O) groups is 2. The van der Waals surface area contributed by atoms with Crippen LogP contribution in [0.5, 0.6) is 0 Å². The number of aliphatic hydroxyl groups is 1. The van der Waals surface area contributed by atoms with E-state index >= 15 is 0 Å². The maximum atomic E-state index is 11.9. The lowest BCUT2D eigenvalue weighted by Gasteiger charge is -2.07. The largest absolute Gasteiger partial charge is 0.507 e. The summed E-state index contributed by atoms with van der Waals surface area (Å²) >= 11 is 0. The first kappa shape index (κ1) is 18.7. The van der Waals surface area contributed by atoms with Gasteiger partial charge in [0, 0.05) is 5.56 Å². The number of carbonyl (C=O) groups excluding carboxylic acids is 2. The van der Waals surface area contributed by atoms with Crippen LogP contribution in [0.3, 0.4) is 0 Å². The van der Waals surface area contributed by atoms with Crippen LogP contribution in [0, 0.1) is 11.3 Å². The summed E-state index contributed by atoms with van der Waals surface area (Å²) in [5.41, 5.74) is 1.63. The van der Waals surface area contributed by atoms with Crippen LogP contribution >= 0.6 is 0 Å². The number of nitriles is 1. The van der Waals surface area contributed by atoms with Crippen LogP contribution in [-0.2, 0) is 9.53 Å². The highest BCUT2D eigenvalue weighted by molar-refractivity contribution is 5.95. The maximum Gasteiger partial charge on any atom is 0.325 e. The molecule has 0 bridgehead atoms. The van der Waals surface area contributed by atoms with Crippen LogP contribution in [0.25, 0.3) is 16.6 Å². The molecule has 28 heavy (non-hydrogen) atoms. The molecule has 0 saturated heterocycles. The standard InChI is InChI=1S/C20H16N4O4/c21-10-14(19-23-15-8-4-5-9-16(15)24-19)17(25)12-28-18(26)11-22-20(27)13-6-2-1-3-7-13/h1-9,25H,11-12H2,(H,22,27)(H,23,24)/b17-14-. The zero-order chi connectivity index (χ0) is 19.9. The summed E-state index contributed by atoms with van der Waals surface area (Å²) in [6.45, 7) is -0.881. The molecule has 140 valence electrons. The lowest BCUT2D eigenvalue weighted by Crippen LogP contribution is -2.30. The Balaban J connectivity index is 1.59. The van der Waals surface area contributed by atoms with Gasteiger partial charge in [0.05, 0.1) is 11.0 Å². The number of para-hydroxylation sites is 2. The van der Waals surface area contributed by atoms with Gasteiger partial charge >= 0.3 is 5.97 Å². The van der Waals surface area contributed by atoms with Crippen LogP contribution in [0.1, 0.15) is 16.2 Å². The van der Waals surface area contributed by atoms with Crippen LogP contribution in [-0.4, -0.2) is 40.1 Å². The zero-order valence-electron chi connectivity index (χ0n) is 14.7. The number of hydrogen-bond donors (Lipinski definition) is 3. The number of aliphatic hydroxyl groups excluding tert-OH is 1. The van der Waals surface area contributed by atoms with E-state index in [1.165, 1.54) is 0 Å². The third-order valence-corrected chi connectivity index (χ3v) is 3.83. The van der Waals surface area contributed by atoms with Crippen molar-refractivity contribution in [1.82, 2.24) is 15.3 Å². The Morgan fingerprint density at radius 3 is 2.57 bits per heavy atom. The van der Waals surface area contributed by atoms with Crippen molar-refractivity contribution in [3.05, 3.63) is 71.7 Å². The number of benzene rings is 2. The number of aromatic nitrogens is 2. The van der Waals surface area contributed by atoms with Gasteiger partial charge in [0.25, 0.3) is 5.91 Å². The van der Waals surface area contributed by atoms with E-state index in [4.69, 9.17) is 4.74 Å². The molecule has 0 aliphatic rings. The van der Waals surface area contributed by atoms with Gasteiger partial charge < -0.3 is 20.1 Å². The second-order valence-corrected chi connectivity index (χ2v) is 5.75. The summed E-state index contributed by atoms with van der Waals surface area (Å²) in [6.07, 6.45) is 0. The highest BCUT2D eigenvalue weighted by Crippen LogP contribution is 2.18. The molecule has 0 aliphatic carbocycles. The Morgan fingerprint density at radius 1 is 1.14 bits per heavy atom. The molecule has 0 fully saturated rings. The second-order valence-electron chi connectivity index (χ2n) is 5.75. The van der Waals surface area contributed by atoms with Crippen LogP contribution in [0.15, 0.2) is 60.4 Å². The SMILES string of the molecule is N#C/C(=C(/O)COC(=O)CNC(=O)c1ccccc1)c1nc2ccccc2[nH]1. The number of fused-ring (bicyclic) bond motifs is 1. The van der Waals surface area contributed by atoms with Crippen molar-refractivity contribution in [2.24, 2.45) is 0 Å². The van der Waals surface area contributed by atoms with E-state index < -0.39 is 24.2 Å². The van der Waals surface area contributed by atoms with E-state index in [1.54, 1.807) is 48.5 Å². The average molecular weight is 376 g/mol. The fraction of sp³-hybridized carbons (Fsp3) is 0.100. The van der Waals surface area contributed by atoms with Gasteiger partial charge in [-0.1, -0.05) is 30.3 Å². The number of H-pyrrole nitrogens is 1. The second kappa shape index (κ2) is 8.51. The monoisotopic (exact) mass is 376 g/mol. The molecule has 2 aromatic carbocycles. The molecular formula is C20H16N4O4. The van der Waals surface area contributed by atoms with Crippen LogP contribution in [0.2, 0.25) is 0 Å². The Kier molecular flexibility index (Phi) is 5.67. The highest BCUT2D eigenvalue weighted by Gasteiger charge is 2.15. The number of nitrogens with zero attached hydrogens (tertiary/aromatic N) is 2. The minimum atomic E-state index is -0.752. The molecule has 0 unspecified atom stereocenters. The summed E-state index contributed by atoms with van der Waals surface area (Å²) in [7, 11) is 0. The molecule has 1 amide bonds. The summed E-state index contributed by atoms with van der Waals surface area (Å²) < 4.78 is 4.91. The Bertz CT molecular complexity index is 1050. The molecule has 8 nitrogen and oxygen atoms in total. The van der Waals surface area contributed by atoms with E-state index in [2.05, 4.69) is 15.3 Å². The third kappa shape index (κ3) is 4.34. The van der Waals surface area contributed by atoms with Gasteiger partial charge in [0.15, 0.2) is 11.6 Å². The fourth-order valence-electron chi connectivity index (χ4n) is 2.44. The molecule has 3 aromatic rings. The number of nitrogens with one attached hydrogen (secondary N) is 2. The highest BCUT2D eigenvalue weighted by atomic mass is 16.5. The van der Waals surface area contributed by atoms with Gasteiger partial charge in [0.2, 0.25) is 0 Å². The maximum absolute atomic E-state index is 11.9. The topological polar surface area (TPSA) is 128 Å². The lowest BCUT2D eigenvalue weighted by molar-refractivity contribution is -0.142.